The van der Waals surface area contributed by atoms with Crippen LogP contribution in [0.25, 0.3) is 0 Å². The van der Waals surface area contributed by atoms with Gasteiger partial charge in [0.05, 0.1) is 11.5 Å². The molecule has 1 aliphatic heterocycles. The Kier molecular flexibility index (Phi) is 6.12. The molecule has 0 aromatic carbocycles. The Morgan fingerprint density at radius 1 is 1.31 bits per heavy atom. The maximum Gasteiger partial charge on any atom is 0.326 e. The zero-order valence-corrected chi connectivity index (χ0v) is 18.0. The van der Waals surface area contributed by atoms with Crippen molar-refractivity contribution in [3.05, 3.63) is 22.4 Å². The van der Waals surface area contributed by atoms with E-state index in [4.69, 9.17) is 4.74 Å². The summed E-state index contributed by atoms with van der Waals surface area (Å²) in [7, 11) is 0. The molecule has 2 aliphatic rings. The Hall–Kier alpha value is -2.22. The zero-order valence-electron chi connectivity index (χ0n) is 17.2. The van der Waals surface area contributed by atoms with E-state index in [1.54, 1.807) is 6.07 Å². The maximum absolute atomic E-state index is 13.0. The van der Waals surface area contributed by atoms with Gasteiger partial charge in [0, 0.05) is 6.42 Å². The fraction of sp³-hybridized carbons (Fsp3) is 0.619. The number of hydrogen-bond donors (Lipinski definition) is 1. The average Bonchev–Trinajstić information content (AvgIpc) is 3.21. The summed E-state index contributed by atoms with van der Waals surface area (Å²) in [4.78, 5) is 51.1. The summed E-state index contributed by atoms with van der Waals surface area (Å²) in [5.41, 5.74) is -0.988. The molecular weight excluding hydrogens is 392 g/mol. The summed E-state index contributed by atoms with van der Waals surface area (Å²) in [6, 6.07) is 3.04. The van der Waals surface area contributed by atoms with Gasteiger partial charge >= 0.3 is 12.0 Å². The van der Waals surface area contributed by atoms with Crippen LogP contribution in [-0.2, 0) is 14.3 Å². The second kappa shape index (κ2) is 8.26. The average molecular weight is 421 g/mol. The summed E-state index contributed by atoms with van der Waals surface area (Å²) >= 11 is 1.38. The maximum atomic E-state index is 13.0. The first-order chi connectivity index (χ1) is 13.6. The fourth-order valence-electron chi connectivity index (χ4n) is 4.80. The van der Waals surface area contributed by atoms with Gasteiger partial charge in [0.15, 0.2) is 5.78 Å². The summed E-state index contributed by atoms with van der Waals surface area (Å²) in [5.74, 6) is -0.666. The Labute approximate surface area is 174 Å². The van der Waals surface area contributed by atoms with E-state index in [0.29, 0.717) is 30.1 Å². The highest BCUT2D eigenvalue weighted by Gasteiger charge is 2.56. The molecule has 0 bridgehead atoms. The first-order valence-corrected chi connectivity index (χ1v) is 10.9. The molecule has 0 radical (unpaired) electrons. The third-order valence-corrected chi connectivity index (χ3v) is 6.43. The number of hydrogen-bond acceptors (Lipinski definition) is 6. The molecule has 3 amide bonds. The van der Waals surface area contributed by atoms with Crippen molar-refractivity contribution in [1.29, 1.82) is 0 Å². The number of imide groups is 1. The Balaban J connectivity index is 1.49. The normalized spacial score (nSPS) is 25.9. The van der Waals surface area contributed by atoms with Gasteiger partial charge in [-0.1, -0.05) is 26.8 Å². The van der Waals surface area contributed by atoms with Crippen LogP contribution in [0.2, 0.25) is 0 Å². The summed E-state index contributed by atoms with van der Waals surface area (Å²) < 4.78 is 5.14. The summed E-state index contributed by atoms with van der Waals surface area (Å²) in [5, 5.41) is 4.68. The lowest BCUT2D eigenvalue weighted by Gasteiger charge is -2.43. The Bertz CT molecular complexity index is 804. The largest absolute Gasteiger partial charge is 0.464 e. The Morgan fingerprint density at radius 3 is 2.72 bits per heavy atom. The topological polar surface area (TPSA) is 92.8 Å². The van der Waals surface area contributed by atoms with Gasteiger partial charge in [0.1, 0.15) is 12.1 Å². The monoisotopic (exact) mass is 420 g/mol. The van der Waals surface area contributed by atoms with Gasteiger partial charge in [-0.3, -0.25) is 19.3 Å². The van der Waals surface area contributed by atoms with Crippen LogP contribution in [0.1, 0.15) is 62.5 Å². The van der Waals surface area contributed by atoms with Crippen LogP contribution in [0.5, 0.6) is 0 Å². The molecule has 158 valence electrons. The number of nitrogens with zero attached hydrogens (tertiary/aromatic N) is 1. The van der Waals surface area contributed by atoms with Crippen molar-refractivity contribution in [2.24, 2.45) is 11.3 Å². The van der Waals surface area contributed by atoms with Crippen molar-refractivity contribution in [2.45, 2.75) is 58.4 Å². The van der Waals surface area contributed by atoms with E-state index < -0.39 is 24.1 Å². The lowest BCUT2D eigenvalue weighted by Crippen LogP contribution is -2.54. The van der Waals surface area contributed by atoms with Gasteiger partial charge in [-0.2, -0.15) is 0 Å². The molecule has 1 saturated heterocycles. The van der Waals surface area contributed by atoms with E-state index in [9.17, 15) is 19.2 Å². The standard InChI is InChI=1S/C21H28N2O5S/c1-14-10-20(2,3)13-21(11-14)18(26)23(19(27)22-21)12-17(25)28-8-4-6-15(24)16-7-5-9-29-16/h5,7,9,14H,4,6,8,10-13H2,1-3H3,(H,22,27)/t14-,21-/m1/s1. The summed E-state index contributed by atoms with van der Waals surface area (Å²) in [6.07, 6.45) is 2.82. The SMILES string of the molecule is C[C@@H]1CC(C)(C)C[C@@]2(C1)NC(=O)N(CC(=O)OCCCC(=O)c1cccs1)C2=O. The molecule has 29 heavy (non-hydrogen) atoms. The second-order valence-corrected chi connectivity index (χ2v) is 9.93. The van der Waals surface area contributed by atoms with Gasteiger partial charge in [0.25, 0.3) is 5.91 Å². The first kappa shape index (κ1) is 21.5. The Morgan fingerprint density at radius 2 is 2.07 bits per heavy atom. The number of amides is 3. The number of esters is 1. The zero-order chi connectivity index (χ0) is 21.2. The smallest absolute Gasteiger partial charge is 0.326 e. The number of Topliss-reactive ketones (excluding diaryl/α,β-unsaturated/α-hetero) is 1. The van der Waals surface area contributed by atoms with Crippen molar-refractivity contribution >= 4 is 35.0 Å². The predicted octanol–water partition coefficient (Wildman–Crippen LogP) is 3.39. The highest BCUT2D eigenvalue weighted by atomic mass is 32.1. The minimum absolute atomic E-state index is 0.0149. The number of nitrogens with one attached hydrogen (secondary N) is 1. The lowest BCUT2D eigenvalue weighted by atomic mass is 9.64. The summed E-state index contributed by atoms with van der Waals surface area (Å²) in [6.45, 7) is 5.95. The van der Waals surface area contributed by atoms with Gasteiger partial charge in [-0.25, -0.2) is 4.79 Å². The minimum Gasteiger partial charge on any atom is -0.464 e. The van der Waals surface area contributed by atoms with Gasteiger partial charge < -0.3 is 10.1 Å². The van der Waals surface area contributed by atoms with Crippen LogP contribution in [-0.4, -0.2) is 47.3 Å². The molecule has 1 saturated carbocycles. The van der Waals surface area contributed by atoms with E-state index in [2.05, 4.69) is 26.1 Å². The molecule has 2 fully saturated rings. The van der Waals surface area contributed by atoms with E-state index in [1.807, 2.05) is 11.4 Å². The number of carbonyl (C=O) groups is 4. The highest BCUT2D eigenvalue weighted by molar-refractivity contribution is 7.12. The molecule has 8 heteroatoms. The molecular formula is C21H28N2O5S. The highest BCUT2D eigenvalue weighted by Crippen LogP contribution is 2.46. The third-order valence-electron chi connectivity index (χ3n) is 5.52. The van der Waals surface area contributed by atoms with Crippen LogP contribution in [0.15, 0.2) is 17.5 Å². The molecule has 1 aromatic heterocycles. The quantitative estimate of drug-likeness (QED) is 0.316. The van der Waals surface area contributed by atoms with Crippen LogP contribution < -0.4 is 5.32 Å². The first-order valence-electron chi connectivity index (χ1n) is 9.98. The molecule has 1 aromatic rings. The number of ether oxygens (including phenoxy) is 1. The number of thiophene rings is 1. The van der Waals surface area contributed by atoms with E-state index >= 15 is 0 Å². The molecule has 7 nitrogen and oxygen atoms in total. The molecule has 3 rings (SSSR count). The number of rotatable bonds is 7. The van der Waals surface area contributed by atoms with Gasteiger partial charge in [-0.15, -0.1) is 11.3 Å². The van der Waals surface area contributed by atoms with Crippen molar-refractivity contribution in [2.75, 3.05) is 13.2 Å². The third kappa shape index (κ3) is 4.86. The number of carbonyl (C=O) groups excluding carboxylic acids is 4. The fourth-order valence-corrected chi connectivity index (χ4v) is 5.50. The van der Waals surface area contributed by atoms with Crippen molar-refractivity contribution in [1.82, 2.24) is 10.2 Å². The lowest BCUT2D eigenvalue weighted by molar-refractivity contribution is -0.148. The van der Waals surface area contributed by atoms with Crippen molar-refractivity contribution < 1.29 is 23.9 Å². The van der Waals surface area contributed by atoms with Crippen LogP contribution in [0.3, 0.4) is 0 Å². The van der Waals surface area contributed by atoms with Gasteiger partial charge in [-0.05, 0) is 48.5 Å². The number of urea groups is 1. The predicted molar refractivity (Wildman–Crippen MR) is 109 cm³/mol. The van der Waals surface area contributed by atoms with Crippen molar-refractivity contribution in [3.63, 3.8) is 0 Å². The van der Waals surface area contributed by atoms with Crippen molar-refractivity contribution in [3.8, 4) is 0 Å². The van der Waals surface area contributed by atoms with E-state index in [0.717, 1.165) is 11.3 Å². The van der Waals surface area contributed by atoms with Crippen LogP contribution >= 0.6 is 11.3 Å². The molecule has 1 N–H and O–H groups in total. The van der Waals surface area contributed by atoms with Crippen LogP contribution in [0, 0.1) is 11.3 Å². The van der Waals surface area contributed by atoms with Gasteiger partial charge in [0.2, 0.25) is 0 Å². The van der Waals surface area contributed by atoms with E-state index in [1.165, 1.54) is 11.3 Å². The number of ketones is 1. The molecule has 2 heterocycles. The molecule has 1 spiro atoms. The molecule has 2 atom stereocenters. The minimum atomic E-state index is -0.925. The van der Waals surface area contributed by atoms with E-state index in [-0.39, 0.29) is 30.1 Å². The second-order valence-electron chi connectivity index (χ2n) is 8.98. The molecule has 0 unspecified atom stereocenters. The van der Waals surface area contributed by atoms with Crippen LogP contribution in [0.4, 0.5) is 4.79 Å². The molecule has 1 aliphatic carbocycles.